The zero-order valence-electron chi connectivity index (χ0n) is 11.1. The average Bonchev–Trinajstić information content (AvgIpc) is 2.40. The Hall–Kier alpha value is -2.27. The summed E-state index contributed by atoms with van der Waals surface area (Å²) in [6, 6.07) is 8.62. The van der Waals surface area contributed by atoms with Gasteiger partial charge in [0.05, 0.1) is 0 Å². The number of benzene rings is 1. The number of nitrogens with zero attached hydrogens (tertiary/aromatic N) is 2. The number of halogens is 1. The second kappa shape index (κ2) is 5.79. The van der Waals surface area contributed by atoms with Crippen LogP contribution < -0.4 is 10.5 Å². The molecule has 0 saturated heterocycles. The smallest absolute Gasteiger partial charge is 0.220 e. The Kier molecular flexibility index (Phi) is 4.10. The molecule has 5 nitrogen and oxygen atoms in total. The van der Waals surface area contributed by atoms with Crippen molar-refractivity contribution in [2.75, 3.05) is 0 Å². The van der Waals surface area contributed by atoms with E-state index in [2.05, 4.69) is 10.1 Å². The normalized spacial score (nSPS) is 11.4. The molecule has 20 heavy (non-hydrogen) atoms. The molecule has 1 aromatic carbocycles. The van der Waals surface area contributed by atoms with E-state index in [-0.39, 0.29) is 5.84 Å². The first-order chi connectivity index (χ1) is 9.49. The predicted molar refractivity (Wildman–Crippen MR) is 77.7 cm³/mol. The van der Waals surface area contributed by atoms with E-state index in [1.165, 1.54) is 0 Å². The van der Waals surface area contributed by atoms with Crippen molar-refractivity contribution in [2.45, 2.75) is 13.8 Å². The van der Waals surface area contributed by atoms with E-state index in [4.69, 9.17) is 27.3 Å². The molecule has 0 fully saturated rings. The summed E-state index contributed by atoms with van der Waals surface area (Å²) in [7, 11) is 0. The Morgan fingerprint density at radius 3 is 2.70 bits per heavy atom. The van der Waals surface area contributed by atoms with Gasteiger partial charge in [0.15, 0.2) is 5.84 Å². The summed E-state index contributed by atoms with van der Waals surface area (Å²) in [6.45, 7) is 3.69. The molecular weight excluding hydrogens is 278 g/mol. The van der Waals surface area contributed by atoms with Crippen LogP contribution in [0.3, 0.4) is 0 Å². The minimum atomic E-state index is 0.00757. The van der Waals surface area contributed by atoms with Gasteiger partial charge in [0.2, 0.25) is 5.88 Å². The fourth-order valence-corrected chi connectivity index (χ4v) is 1.96. The van der Waals surface area contributed by atoms with Gasteiger partial charge < -0.3 is 15.7 Å². The first-order valence-electron chi connectivity index (χ1n) is 5.90. The highest BCUT2D eigenvalue weighted by Gasteiger charge is 2.08. The minimum Gasteiger partial charge on any atom is -0.439 e. The summed E-state index contributed by atoms with van der Waals surface area (Å²) in [5.41, 5.74) is 7.72. The first kappa shape index (κ1) is 14.1. The maximum Gasteiger partial charge on any atom is 0.220 e. The second-order valence-corrected chi connectivity index (χ2v) is 4.77. The van der Waals surface area contributed by atoms with Crippen LogP contribution in [0.5, 0.6) is 11.6 Å². The minimum absolute atomic E-state index is 0.00757. The highest BCUT2D eigenvalue weighted by atomic mass is 35.5. The van der Waals surface area contributed by atoms with Gasteiger partial charge >= 0.3 is 0 Å². The van der Waals surface area contributed by atoms with E-state index in [9.17, 15) is 0 Å². The van der Waals surface area contributed by atoms with Crippen LogP contribution in [0.1, 0.15) is 16.8 Å². The van der Waals surface area contributed by atoms with Crippen molar-refractivity contribution in [1.29, 1.82) is 0 Å². The van der Waals surface area contributed by atoms with Crippen molar-refractivity contribution in [3.05, 3.63) is 52.2 Å². The monoisotopic (exact) mass is 291 g/mol. The summed E-state index contributed by atoms with van der Waals surface area (Å²) in [5, 5.41) is 12.3. The van der Waals surface area contributed by atoms with E-state index < -0.39 is 0 Å². The van der Waals surface area contributed by atoms with E-state index in [0.29, 0.717) is 27.9 Å². The third-order valence-corrected chi connectivity index (χ3v) is 2.92. The molecule has 0 aliphatic carbocycles. The Balaban J connectivity index is 2.36. The molecular formula is C14H14ClN3O2. The molecule has 1 aromatic heterocycles. The lowest BCUT2D eigenvalue weighted by atomic mass is 10.2. The topological polar surface area (TPSA) is 80.7 Å². The molecule has 0 bridgehead atoms. The maximum absolute atomic E-state index is 8.72. The van der Waals surface area contributed by atoms with Gasteiger partial charge in [-0.15, -0.1) is 0 Å². The SMILES string of the molecule is Cc1cc(/C(N)=N/O)cc(Oc2ccc(Cl)cc2C)n1. The number of pyridine rings is 1. The standard InChI is InChI=1S/C14H14ClN3O2/c1-8-5-11(15)3-4-12(8)20-13-7-10(14(16)18-19)6-9(2)17-13/h3-7,19H,1-2H3,(H2,16,18). The van der Waals surface area contributed by atoms with Crippen molar-refractivity contribution in [1.82, 2.24) is 4.98 Å². The molecule has 0 unspecified atom stereocenters. The number of rotatable bonds is 3. The fourth-order valence-electron chi connectivity index (χ4n) is 1.74. The molecule has 0 saturated carbocycles. The number of hydrogen-bond acceptors (Lipinski definition) is 4. The number of aromatic nitrogens is 1. The van der Waals surface area contributed by atoms with Crippen molar-refractivity contribution < 1.29 is 9.94 Å². The molecule has 3 N–H and O–H groups in total. The number of amidine groups is 1. The maximum atomic E-state index is 8.72. The van der Waals surface area contributed by atoms with Crippen molar-refractivity contribution >= 4 is 17.4 Å². The van der Waals surface area contributed by atoms with Crippen molar-refractivity contribution in [3.63, 3.8) is 0 Å². The van der Waals surface area contributed by atoms with Crippen LogP contribution in [-0.4, -0.2) is 16.0 Å². The van der Waals surface area contributed by atoms with E-state index in [1.54, 1.807) is 37.3 Å². The zero-order valence-corrected chi connectivity index (χ0v) is 11.8. The van der Waals surface area contributed by atoms with E-state index in [1.807, 2.05) is 6.92 Å². The Morgan fingerprint density at radius 1 is 1.30 bits per heavy atom. The van der Waals surface area contributed by atoms with E-state index >= 15 is 0 Å². The van der Waals surface area contributed by atoms with Gasteiger partial charge in [-0.1, -0.05) is 16.8 Å². The summed E-state index contributed by atoms with van der Waals surface area (Å²) in [5.74, 6) is 1.03. The van der Waals surface area contributed by atoms with Crippen LogP contribution in [0.2, 0.25) is 5.02 Å². The molecule has 0 amide bonds. The first-order valence-corrected chi connectivity index (χ1v) is 6.28. The predicted octanol–water partition coefficient (Wildman–Crippen LogP) is 3.24. The third-order valence-electron chi connectivity index (χ3n) is 2.68. The summed E-state index contributed by atoms with van der Waals surface area (Å²) in [6.07, 6.45) is 0. The molecule has 1 heterocycles. The van der Waals surface area contributed by atoms with Crippen LogP contribution in [-0.2, 0) is 0 Å². The summed E-state index contributed by atoms with van der Waals surface area (Å²) < 4.78 is 5.72. The van der Waals surface area contributed by atoms with Crippen LogP contribution >= 0.6 is 11.6 Å². The van der Waals surface area contributed by atoms with Crippen LogP contribution in [0.4, 0.5) is 0 Å². The fraction of sp³-hybridized carbons (Fsp3) is 0.143. The van der Waals surface area contributed by atoms with Gasteiger partial charge in [-0.05, 0) is 43.7 Å². The molecule has 104 valence electrons. The summed E-state index contributed by atoms with van der Waals surface area (Å²) in [4.78, 5) is 4.26. The second-order valence-electron chi connectivity index (χ2n) is 4.33. The van der Waals surface area contributed by atoms with E-state index in [0.717, 1.165) is 5.56 Å². The lowest BCUT2D eigenvalue weighted by molar-refractivity contribution is 0.318. The zero-order chi connectivity index (χ0) is 14.7. The number of aryl methyl sites for hydroxylation is 2. The number of hydrogen-bond donors (Lipinski definition) is 2. The molecule has 0 spiro atoms. The Bertz CT molecular complexity index is 671. The largest absolute Gasteiger partial charge is 0.439 e. The molecule has 0 radical (unpaired) electrons. The molecule has 2 aromatic rings. The highest BCUT2D eigenvalue weighted by molar-refractivity contribution is 6.30. The molecule has 0 atom stereocenters. The van der Waals surface area contributed by atoms with Crippen LogP contribution in [0.15, 0.2) is 35.5 Å². The number of nitrogens with two attached hydrogens (primary N) is 1. The number of oxime groups is 1. The molecule has 0 aliphatic heterocycles. The lowest BCUT2D eigenvalue weighted by Gasteiger charge is -2.10. The lowest BCUT2D eigenvalue weighted by Crippen LogP contribution is -2.13. The van der Waals surface area contributed by atoms with Crippen molar-refractivity contribution in [2.24, 2.45) is 10.9 Å². The average molecular weight is 292 g/mol. The Labute approximate surface area is 121 Å². The van der Waals surface area contributed by atoms with Gasteiger partial charge in [0.1, 0.15) is 5.75 Å². The van der Waals surface area contributed by atoms with Gasteiger partial charge in [-0.25, -0.2) is 4.98 Å². The van der Waals surface area contributed by atoms with Gasteiger partial charge in [-0.2, -0.15) is 0 Å². The van der Waals surface area contributed by atoms with Crippen LogP contribution in [0, 0.1) is 13.8 Å². The van der Waals surface area contributed by atoms with Gasteiger partial charge in [0.25, 0.3) is 0 Å². The van der Waals surface area contributed by atoms with Gasteiger partial charge in [-0.3, -0.25) is 0 Å². The molecule has 6 heteroatoms. The quantitative estimate of drug-likeness (QED) is 0.394. The van der Waals surface area contributed by atoms with Gasteiger partial charge in [0, 0.05) is 22.3 Å². The number of ether oxygens (including phenoxy) is 1. The Morgan fingerprint density at radius 2 is 2.05 bits per heavy atom. The van der Waals surface area contributed by atoms with Crippen molar-refractivity contribution in [3.8, 4) is 11.6 Å². The molecule has 0 aliphatic rings. The van der Waals surface area contributed by atoms with Crippen LogP contribution in [0.25, 0.3) is 0 Å². The highest BCUT2D eigenvalue weighted by Crippen LogP contribution is 2.26. The summed E-state index contributed by atoms with van der Waals surface area (Å²) >= 11 is 5.90. The third kappa shape index (κ3) is 3.19. The molecule has 2 rings (SSSR count).